The Bertz CT molecular complexity index is 1310. The highest BCUT2D eigenvalue weighted by molar-refractivity contribution is 6.30. The molecule has 154 valence electrons. The number of halogens is 2. The number of ketones is 1. The highest BCUT2D eigenvalue weighted by Gasteiger charge is 2.21. The van der Waals surface area contributed by atoms with Gasteiger partial charge in [-0.2, -0.15) is 5.10 Å². The maximum Gasteiger partial charge on any atom is 0.271 e. The average molecular weight is 434 g/mol. The second-order valence-corrected chi connectivity index (χ2v) is 7.32. The van der Waals surface area contributed by atoms with Crippen molar-refractivity contribution in [2.75, 3.05) is 0 Å². The van der Waals surface area contributed by atoms with E-state index >= 15 is 0 Å². The summed E-state index contributed by atoms with van der Waals surface area (Å²) in [5.41, 5.74) is 5.90. The molecule has 2 aromatic carbocycles. The highest BCUT2D eigenvalue weighted by Crippen LogP contribution is 2.24. The summed E-state index contributed by atoms with van der Waals surface area (Å²) < 4.78 is 15.0. The van der Waals surface area contributed by atoms with Crippen LogP contribution in [0.5, 0.6) is 0 Å². The van der Waals surface area contributed by atoms with Crippen molar-refractivity contribution in [2.45, 2.75) is 6.92 Å². The minimum atomic E-state index is -0.405. The van der Waals surface area contributed by atoms with Gasteiger partial charge in [-0.3, -0.25) is 9.59 Å². The second-order valence-electron chi connectivity index (χ2n) is 6.89. The molecule has 2 heterocycles. The SMILES string of the molecule is Cc1c(/C=N/NC(=O)c2ccc(Cl)cc2)c2ccccn2c1C(=O)c1ccc(F)cc1. The first-order valence-electron chi connectivity index (χ1n) is 9.44. The fourth-order valence-corrected chi connectivity index (χ4v) is 3.49. The smallest absolute Gasteiger partial charge is 0.271 e. The molecule has 0 spiro atoms. The zero-order valence-electron chi connectivity index (χ0n) is 16.5. The monoisotopic (exact) mass is 433 g/mol. The predicted molar refractivity (Wildman–Crippen MR) is 118 cm³/mol. The van der Waals surface area contributed by atoms with Crippen molar-refractivity contribution in [2.24, 2.45) is 5.10 Å². The molecule has 0 radical (unpaired) electrons. The van der Waals surface area contributed by atoms with Crippen molar-refractivity contribution in [1.29, 1.82) is 0 Å². The van der Waals surface area contributed by atoms with Crippen LogP contribution in [0.25, 0.3) is 5.52 Å². The van der Waals surface area contributed by atoms with Crippen LogP contribution in [0.1, 0.15) is 37.5 Å². The summed E-state index contributed by atoms with van der Waals surface area (Å²) in [4.78, 5) is 25.4. The molecule has 0 aliphatic rings. The van der Waals surface area contributed by atoms with Crippen LogP contribution in [-0.4, -0.2) is 22.3 Å². The van der Waals surface area contributed by atoms with E-state index in [2.05, 4.69) is 10.5 Å². The number of hydrogen-bond donors (Lipinski definition) is 1. The average Bonchev–Trinajstić information content (AvgIpc) is 3.05. The van der Waals surface area contributed by atoms with Crippen molar-refractivity contribution in [3.63, 3.8) is 0 Å². The third-order valence-corrected chi connectivity index (χ3v) is 5.18. The number of hydrogen-bond acceptors (Lipinski definition) is 3. The molecular formula is C24H17ClFN3O2. The molecule has 5 nitrogen and oxygen atoms in total. The molecule has 0 bridgehead atoms. The lowest BCUT2D eigenvalue weighted by molar-refractivity contribution is 0.0954. The first kappa shape index (κ1) is 20.5. The summed E-state index contributed by atoms with van der Waals surface area (Å²) >= 11 is 5.84. The summed E-state index contributed by atoms with van der Waals surface area (Å²) in [7, 11) is 0. The van der Waals surface area contributed by atoms with Gasteiger partial charge in [-0.15, -0.1) is 0 Å². The third kappa shape index (κ3) is 4.11. The van der Waals surface area contributed by atoms with Gasteiger partial charge >= 0.3 is 0 Å². The van der Waals surface area contributed by atoms with Crippen LogP contribution >= 0.6 is 11.6 Å². The van der Waals surface area contributed by atoms with Crippen LogP contribution in [0.2, 0.25) is 5.02 Å². The Morgan fingerprint density at radius 1 is 1.00 bits per heavy atom. The van der Waals surface area contributed by atoms with Gasteiger partial charge in [0.05, 0.1) is 17.4 Å². The van der Waals surface area contributed by atoms with Gasteiger partial charge in [0.25, 0.3) is 5.91 Å². The lowest BCUT2D eigenvalue weighted by atomic mass is 10.0. The largest absolute Gasteiger partial charge is 0.313 e. The first-order chi connectivity index (χ1) is 15.0. The minimum absolute atomic E-state index is 0.233. The van der Waals surface area contributed by atoms with Crippen LogP contribution in [0.3, 0.4) is 0 Å². The molecule has 4 aromatic rings. The fourth-order valence-electron chi connectivity index (χ4n) is 3.36. The van der Waals surface area contributed by atoms with E-state index in [1.54, 1.807) is 34.9 Å². The van der Waals surface area contributed by atoms with E-state index in [4.69, 9.17) is 11.6 Å². The molecule has 0 saturated carbocycles. The quantitative estimate of drug-likeness (QED) is 0.272. The van der Waals surface area contributed by atoms with Crippen molar-refractivity contribution in [1.82, 2.24) is 9.83 Å². The van der Waals surface area contributed by atoms with Crippen molar-refractivity contribution >= 4 is 35.0 Å². The van der Waals surface area contributed by atoms with Crippen molar-refractivity contribution in [3.05, 3.63) is 112 Å². The van der Waals surface area contributed by atoms with Gasteiger partial charge in [0.2, 0.25) is 5.78 Å². The summed E-state index contributed by atoms with van der Waals surface area (Å²) in [6, 6.07) is 17.4. The number of benzene rings is 2. The van der Waals surface area contributed by atoms with E-state index in [9.17, 15) is 14.0 Å². The summed E-state index contributed by atoms with van der Waals surface area (Å²) in [5, 5.41) is 4.61. The Morgan fingerprint density at radius 3 is 2.39 bits per heavy atom. The van der Waals surface area contributed by atoms with Gasteiger partial charge in [0.15, 0.2) is 0 Å². The van der Waals surface area contributed by atoms with Gasteiger partial charge in [-0.05, 0) is 73.2 Å². The fraction of sp³-hybridized carbons (Fsp3) is 0.0417. The Labute approximate surface area is 182 Å². The van der Waals surface area contributed by atoms with Crippen LogP contribution in [-0.2, 0) is 0 Å². The highest BCUT2D eigenvalue weighted by atomic mass is 35.5. The molecule has 31 heavy (non-hydrogen) atoms. The Hall–Kier alpha value is -3.77. The zero-order chi connectivity index (χ0) is 22.0. The summed E-state index contributed by atoms with van der Waals surface area (Å²) in [5.74, 6) is -1.02. The number of pyridine rings is 1. The van der Waals surface area contributed by atoms with Gasteiger partial charge in [-0.1, -0.05) is 17.7 Å². The third-order valence-electron chi connectivity index (χ3n) is 4.92. The van der Waals surface area contributed by atoms with Crippen LogP contribution < -0.4 is 5.43 Å². The number of amides is 1. The molecule has 0 fully saturated rings. The molecule has 0 unspecified atom stereocenters. The number of rotatable bonds is 5. The van der Waals surface area contributed by atoms with Crippen LogP contribution in [0.4, 0.5) is 4.39 Å². The minimum Gasteiger partial charge on any atom is -0.313 e. The molecule has 1 amide bonds. The van der Waals surface area contributed by atoms with Gasteiger partial charge in [0.1, 0.15) is 5.82 Å². The molecule has 1 N–H and O–H groups in total. The van der Waals surface area contributed by atoms with E-state index in [1.807, 2.05) is 25.1 Å². The lowest BCUT2D eigenvalue weighted by Crippen LogP contribution is -2.17. The number of nitrogens with zero attached hydrogens (tertiary/aromatic N) is 2. The van der Waals surface area contributed by atoms with Crippen molar-refractivity contribution in [3.8, 4) is 0 Å². The van der Waals surface area contributed by atoms with E-state index in [-0.39, 0.29) is 11.7 Å². The topological polar surface area (TPSA) is 62.9 Å². The predicted octanol–water partition coefficient (Wildman–Crippen LogP) is 5.04. The van der Waals surface area contributed by atoms with E-state index < -0.39 is 5.82 Å². The second kappa shape index (κ2) is 8.53. The molecule has 7 heteroatoms. The molecule has 0 aliphatic heterocycles. The lowest BCUT2D eigenvalue weighted by Gasteiger charge is -2.04. The molecule has 2 aromatic heterocycles. The number of carbonyl (C=O) groups excluding carboxylic acids is 2. The first-order valence-corrected chi connectivity index (χ1v) is 9.82. The van der Waals surface area contributed by atoms with Crippen LogP contribution in [0.15, 0.2) is 78.0 Å². The van der Waals surface area contributed by atoms with Gasteiger partial charge < -0.3 is 4.40 Å². The number of aromatic nitrogens is 1. The molecule has 0 aliphatic carbocycles. The standard InChI is InChI=1S/C24H17ClFN3O2/c1-15-20(14-27-28-24(31)17-5-9-18(25)10-6-17)21-4-2-3-13-29(21)22(15)23(30)16-7-11-19(26)12-8-16/h2-14H,1H3,(H,28,31)/b27-14+. The molecule has 0 atom stereocenters. The molecular weight excluding hydrogens is 417 g/mol. The number of hydrazone groups is 1. The van der Waals surface area contributed by atoms with Crippen molar-refractivity contribution < 1.29 is 14.0 Å². The number of nitrogens with one attached hydrogen (secondary N) is 1. The van der Waals surface area contributed by atoms with Gasteiger partial charge in [-0.25, -0.2) is 9.82 Å². The maximum atomic E-state index is 13.3. The normalized spacial score (nSPS) is 11.2. The summed E-state index contributed by atoms with van der Waals surface area (Å²) in [6.07, 6.45) is 3.29. The van der Waals surface area contributed by atoms with E-state index in [0.29, 0.717) is 33.0 Å². The zero-order valence-corrected chi connectivity index (χ0v) is 17.2. The Morgan fingerprint density at radius 2 is 1.68 bits per heavy atom. The Balaban J connectivity index is 1.67. The molecule has 0 saturated heterocycles. The molecule has 4 rings (SSSR count). The van der Waals surface area contributed by atoms with E-state index in [1.165, 1.54) is 30.5 Å². The van der Waals surface area contributed by atoms with Gasteiger partial charge in [0, 0.05) is 27.9 Å². The van der Waals surface area contributed by atoms with Crippen LogP contribution in [0, 0.1) is 12.7 Å². The Kier molecular flexibility index (Phi) is 5.64. The maximum absolute atomic E-state index is 13.3. The van der Waals surface area contributed by atoms with E-state index in [0.717, 1.165) is 5.52 Å². The number of fused-ring (bicyclic) bond motifs is 1. The summed E-state index contributed by atoms with van der Waals surface area (Å²) in [6.45, 7) is 1.81. The number of carbonyl (C=O) groups is 2.